The molecule has 0 radical (unpaired) electrons. The summed E-state index contributed by atoms with van der Waals surface area (Å²) in [5.41, 5.74) is 4.04. The quantitative estimate of drug-likeness (QED) is 0.248. The van der Waals surface area contributed by atoms with Gasteiger partial charge in [-0.15, -0.1) is 11.8 Å². The number of pyridine rings is 1. The van der Waals surface area contributed by atoms with Gasteiger partial charge in [0.05, 0.1) is 22.6 Å². The molecule has 2 aromatic carbocycles. The predicted molar refractivity (Wildman–Crippen MR) is 126 cm³/mol. The first kappa shape index (κ1) is 21.5. The Balaban J connectivity index is 1.43. The first-order valence-corrected chi connectivity index (χ1v) is 11.1. The van der Waals surface area contributed by atoms with Crippen molar-refractivity contribution in [3.05, 3.63) is 102 Å². The molecule has 0 aliphatic carbocycles. The van der Waals surface area contributed by atoms with E-state index in [1.807, 2.05) is 60.8 Å². The van der Waals surface area contributed by atoms with E-state index < -0.39 is 11.7 Å². The Morgan fingerprint density at radius 1 is 0.969 bits per heavy atom. The van der Waals surface area contributed by atoms with E-state index in [2.05, 4.69) is 15.4 Å². The molecule has 0 unspecified atom stereocenters. The van der Waals surface area contributed by atoms with E-state index in [1.165, 1.54) is 0 Å². The number of anilines is 1. The lowest BCUT2D eigenvalue weighted by atomic mass is 10.1. The van der Waals surface area contributed by atoms with Gasteiger partial charge in [0.25, 0.3) is 11.7 Å². The van der Waals surface area contributed by atoms with Crippen molar-refractivity contribution in [2.24, 2.45) is 0 Å². The zero-order chi connectivity index (χ0) is 22.5. The summed E-state index contributed by atoms with van der Waals surface area (Å²) in [6, 6.07) is 20.9. The van der Waals surface area contributed by atoms with Gasteiger partial charge in [0.2, 0.25) is 0 Å². The Labute approximate surface area is 190 Å². The number of nitrogens with one attached hydrogen (secondary N) is 1. The van der Waals surface area contributed by atoms with Crippen molar-refractivity contribution >= 4 is 29.1 Å². The van der Waals surface area contributed by atoms with Crippen LogP contribution in [0.15, 0.2) is 84.0 Å². The lowest BCUT2D eigenvalue weighted by Crippen LogP contribution is -2.24. The standard InChI is InChI=1S/C25H22N4O2S/c1-17-23(18(2)29(28-17)21-8-4-3-5-9-21)24(30)25(31)27-20-10-12-22(13-11-20)32-16-19-7-6-14-26-15-19/h3-15H,16H2,1-2H3,(H,27,31). The number of benzene rings is 2. The number of para-hydroxylation sites is 1. The smallest absolute Gasteiger partial charge is 0.296 e. The van der Waals surface area contributed by atoms with E-state index in [9.17, 15) is 9.59 Å². The molecule has 7 heteroatoms. The largest absolute Gasteiger partial charge is 0.319 e. The highest BCUT2D eigenvalue weighted by Crippen LogP contribution is 2.24. The molecule has 0 spiro atoms. The second kappa shape index (κ2) is 9.62. The third-order valence-electron chi connectivity index (χ3n) is 4.97. The van der Waals surface area contributed by atoms with Gasteiger partial charge >= 0.3 is 0 Å². The first-order valence-electron chi connectivity index (χ1n) is 10.1. The number of aromatic nitrogens is 3. The molecule has 2 aromatic heterocycles. The Bertz CT molecular complexity index is 1240. The van der Waals surface area contributed by atoms with Crippen molar-refractivity contribution in [1.29, 1.82) is 0 Å². The van der Waals surface area contributed by atoms with Gasteiger partial charge in [0, 0.05) is 28.7 Å². The number of thioether (sulfide) groups is 1. The number of carbonyl (C=O) groups excluding carboxylic acids is 2. The van der Waals surface area contributed by atoms with Crippen LogP contribution >= 0.6 is 11.8 Å². The molecule has 4 aromatic rings. The van der Waals surface area contributed by atoms with Crippen molar-refractivity contribution in [3.63, 3.8) is 0 Å². The van der Waals surface area contributed by atoms with Crippen molar-refractivity contribution in [1.82, 2.24) is 14.8 Å². The van der Waals surface area contributed by atoms with Crippen LogP contribution in [0.5, 0.6) is 0 Å². The Morgan fingerprint density at radius 3 is 2.41 bits per heavy atom. The number of ketones is 1. The van der Waals surface area contributed by atoms with Crippen LogP contribution in [-0.4, -0.2) is 26.5 Å². The molecule has 2 heterocycles. The second-order valence-electron chi connectivity index (χ2n) is 7.25. The number of amides is 1. The summed E-state index contributed by atoms with van der Waals surface area (Å²) in [6.45, 7) is 3.53. The molecule has 0 saturated heterocycles. The minimum Gasteiger partial charge on any atom is -0.319 e. The third-order valence-corrected chi connectivity index (χ3v) is 6.05. The van der Waals surface area contributed by atoms with Crippen molar-refractivity contribution in [2.75, 3.05) is 5.32 Å². The van der Waals surface area contributed by atoms with Gasteiger partial charge < -0.3 is 5.32 Å². The van der Waals surface area contributed by atoms with Crippen LogP contribution < -0.4 is 5.32 Å². The third kappa shape index (κ3) is 4.78. The van der Waals surface area contributed by atoms with E-state index >= 15 is 0 Å². The summed E-state index contributed by atoms with van der Waals surface area (Å²) in [5.74, 6) is -0.473. The van der Waals surface area contributed by atoms with Gasteiger partial charge in [-0.1, -0.05) is 24.3 Å². The highest BCUT2D eigenvalue weighted by Gasteiger charge is 2.25. The van der Waals surface area contributed by atoms with Gasteiger partial charge in [-0.3, -0.25) is 14.6 Å². The summed E-state index contributed by atoms with van der Waals surface area (Å²) in [7, 11) is 0. The van der Waals surface area contributed by atoms with Crippen molar-refractivity contribution in [2.45, 2.75) is 24.5 Å². The molecule has 0 saturated carbocycles. The average molecular weight is 443 g/mol. The molecule has 0 aliphatic heterocycles. The number of hydrogen-bond donors (Lipinski definition) is 1. The van der Waals surface area contributed by atoms with Gasteiger partial charge in [0.15, 0.2) is 0 Å². The molecule has 32 heavy (non-hydrogen) atoms. The summed E-state index contributed by atoms with van der Waals surface area (Å²) in [6.07, 6.45) is 3.60. The van der Waals surface area contributed by atoms with Crippen LogP contribution in [0.4, 0.5) is 5.69 Å². The maximum Gasteiger partial charge on any atom is 0.296 e. The maximum absolute atomic E-state index is 12.9. The lowest BCUT2D eigenvalue weighted by molar-refractivity contribution is -0.112. The summed E-state index contributed by atoms with van der Waals surface area (Å²) < 4.78 is 1.68. The number of nitrogens with zero attached hydrogens (tertiary/aromatic N) is 3. The highest BCUT2D eigenvalue weighted by molar-refractivity contribution is 7.98. The average Bonchev–Trinajstić information content (AvgIpc) is 3.13. The van der Waals surface area contributed by atoms with Crippen LogP contribution in [-0.2, 0) is 10.5 Å². The summed E-state index contributed by atoms with van der Waals surface area (Å²) >= 11 is 1.68. The fourth-order valence-electron chi connectivity index (χ4n) is 3.38. The summed E-state index contributed by atoms with van der Waals surface area (Å²) in [5, 5.41) is 7.16. The van der Waals surface area contributed by atoms with E-state index in [0.717, 1.165) is 21.9 Å². The maximum atomic E-state index is 12.9. The molecule has 0 fully saturated rings. The molecule has 160 valence electrons. The molecule has 4 rings (SSSR count). The molecule has 1 N–H and O–H groups in total. The second-order valence-corrected chi connectivity index (χ2v) is 8.30. The Hall–Kier alpha value is -3.71. The molecule has 0 atom stereocenters. The van der Waals surface area contributed by atoms with Crippen molar-refractivity contribution < 1.29 is 9.59 Å². The van der Waals surface area contributed by atoms with Crippen LogP contribution in [0.25, 0.3) is 5.69 Å². The fraction of sp³-hybridized carbons (Fsp3) is 0.120. The molecule has 0 bridgehead atoms. The minimum atomic E-state index is -0.681. The topological polar surface area (TPSA) is 76.9 Å². The monoisotopic (exact) mass is 442 g/mol. The Morgan fingerprint density at radius 2 is 1.72 bits per heavy atom. The van der Waals surface area contributed by atoms with Crippen LogP contribution in [0.2, 0.25) is 0 Å². The predicted octanol–water partition coefficient (Wildman–Crippen LogP) is 5.00. The van der Waals surface area contributed by atoms with Gasteiger partial charge in [0.1, 0.15) is 0 Å². The number of carbonyl (C=O) groups is 2. The molecule has 1 amide bonds. The number of Topliss-reactive ketones (excluding diaryl/α,β-unsaturated/α-hetero) is 1. The summed E-state index contributed by atoms with van der Waals surface area (Å²) in [4.78, 5) is 30.7. The number of rotatable bonds is 7. The van der Waals surface area contributed by atoms with Crippen LogP contribution in [0, 0.1) is 13.8 Å². The van der Waals surface area contributed by atoms with Crippen molar-refractivity contribution in [3.8, 4) is 5.69 Å². The fourth-order valence-corrected chi connectivity index (χ4v) is 4.21. The highest BCUT2D eigenvalue weighted by atomic mass is 32.2. The molecular weight excluding hydrogens is 420 g/mol. The number of hydrogen-bond acceptors (Lipinski definition) is 5. The minimum absolute atomic E-state index is 0.329. The van der Waals surface area contributed by atoms with E-state index in [4.69, 9.17) is 0 Å². The van der Waals surface area contributed by atoms with E-state index in [0.29, 0.717) is 22.6 Å². The van der Waals surface area contributed by atoms with E-state index in [-0.39, 0.29) is 0 Å². The van der Waals surface area contributed by atoms with Crippen LogP contribution in [0.1, 0.15) is 27.3 Å². The first-order chi connectivity index (χ1) is 15.5. The van der Waals surface area contributed by atoms with Gasteiger partial charge in [-0.05, 0) is 61.9 Å². The Kier molecular flexibility index (Phi) is 6.47. The zero-order valence-electron chi connectivity index (χ0n) is 17.8. The van der Waals surface area contributed by atoms with Gasteiger partial charge in [-0.25, -0.2) is 4.68 Å². The molecule has 0 aliphatic rings. The van der Waals surface area contributed by atoms with E-state index in [1.54, 1.807) is 48.6 Å². The van der Waals surface area contributed by atoms with Crippen LogP contribution in [0.3, 0.4) is 0 Å². The lowest BCUT2D eigenvalue weighted by Gasteiger charge is -2.07. The molecule has 6 nitrogen and oxygen atoms in total. The van der Waals surface area contributed by atoms with Gasteiger partial charge in [-0.2, -0.15) is 5.10 Å². The number of aryl methyl sites for hydroxylation is 1. The SMILES string of the molecule is Cc1nn(-c2ccccc2)c(C)c1C(=O)C(=O)Nc1ccc(SCc2cccnc2)cc1. The normalized spacial score (nSPS) is 10.7. The molecular formula is C25H22N4O2S. The zero-order valence-corrected chi connectivity index (χ0v) is 18.6.